The zero-order valence-corrected chi connectivity index (χ0v) is 17.0. The van der Waals surface area contributed by atoms with Crippen LogP contribution >= 0.6 is 12.4 Å². The van der Waals surface area contributed by atoms with Crippen molar-refractivity contribution in [1.29, 1.82) is 0 Å². The van der Waals surface area contributed by atoms with Gasteiger partial charge in [0.15, 0.2) is 0 Å². The lowest BCUT2D eigenvalue weighted by molar-refractivity contribution is 0.0942. The molecule has 0 saturated heterocycles. The lowest BCUT2D eigenvalue weighted by atomic mass is 9.94. The van der Waals surface area contributed by atoms with Crippen LogP contribution in [-0.2, 0) is 10.0 Å². The van der Waals surface area contributed by atoms with Crippen molar-refractivity contribution in [3.05, 3.63) is 29.8 Å². The molecule has 1 aromatic carbocycles. The summed E-state index contributed by atoms with van der Waals surface area (Å²) in [5.74, 6) is -0.316. The predicted molar refractivity (Wildman–Crippen MR) is 104 cm³/mol. The van der Waals surface area contributed by atoms with Crippen molar-refractivity contribution in [1.82, 2.24) is 9.62 Å². The number of carbonyl (C=O) groups is 1. The molecule has 0 spiro atoms. The first-order chi connectivity index (χ1) is 11.2. The molecule has 0 unspecified atom stereocenters. The number of nitrogens with two attached hydrogens (primary N) is 1. The fraction of sp³-hybridized carbons (Fsp3) is 0.588. The summed E-state index contributed by atoms with van der Waals surface area (Å²) in [6, 6.07) is 6.11. The first kappa shape index (κ1) is 23.9. The van der Waals surface area contributed by atoms with Crippen molar-refractivity contribution in [3.63, 3.8) is 0 Å². The lowest BCUT2D eigenvalue weighted by Gasteiger charge is -2.26. The Labute approximate surface area is 157 Å². The van der Waals surface area contributed by atoms with E-state index in [1.54, 1.807) is 26.0 Å². The number of halogens is 1. The van der Waals surface area contributed by atoms with Gasteiger partial charge in [-0.25, -0.2) is 8.42 Å². The second-order valence-corrected chi connectivity index (χ2v) is 7.81. The molecule has 0 atom stereocenters. The molecule has 0 aliphatic carbocycles. The molecular formula is C17H30ClN3O3S. The van der Waals surface area contributed by atoms with Gasteiger partial charge in [0.2, 0.25) is 10.0 Å². The third kappa shape index (κ3) is 5.95. The Balaban J connectivity index is 0.00000576. The highest BCUT2D eigenvalue weighted by molar-refractivity contribution is 7.89. The van der Waals surface area contributed by atoms with Crippen LogP contribution in [0.2, 0.25) is 0 Å². The summed E-state index contributed by atoms with van der Waals surface area (Å²) in [6.45, 7) is 8.66. The number of nitrogens with one attached hydrogen (secondary N) is 1. The van der Waals surface area contributed by atoms with E-state index in [2.05, 4.69) is 5.32 Å². The summed E-state index contributed by atoms with van der Waals surface area (Å²) in [5, 5.41) is 2.80. The number of carbonyl (C=O) groups excluding carboxylic acids is 1. The summed E-state index contributed by atoms with van der Waals surface area (Å²) in [6.07, 6.45) is 1.50. The molecular weight excluding hydrogens is 362 g/mol. The summed E-state index contributed by atoms with van der Waals surface area (Å²) in [5.41, 5.74) is 6.05. The Kier molecular flexibility index (Phi) is 9.64. The van der Waals surface area contributed by atoms with E-state index in [-0.39, 0.29) is 23.2 Å². The van der Waals surface area contributed by atoms with Gasteiger partial charge < -0.3 is 11.1 Å². The van der Waals surface area contributed by atoms with E-state index >= 15 is 0 Å². The number of hydrogen-bond donors (Lipinski definition) is 2. The number of amides is 1. The second kappa shape index (κ2) is 10.1. The molecule has 0 heterocycles. The highest BCUT2D eigenvalue weighted by Crippen LogP contribution is 2.17. The number of hydrogen-bond acceptors (Lipinski definition) is 4. The van der Waals surface area contributed by atoms with E-state index in [9.17, 15) is 13.2 Å². The summed E-state index contributed by atoms with van der Waals surface area (Å²) < 4.78 is 26.5. The van der Waals surface area contributed by atoms with Crippen molar-refractivity contribution in [2.45, 2.75) is 51.0 Å². The highest BCUT2D eigenvalue weighted by atomic mass is 35.5. The summed E-state index contributed by atoms with van der Waals surface area (Å²) >= 11 is 0. The van der Waals surface area contributed by atoms with Gasteiger partial charge in [-0.05, 0) is 31.0 Å². The highest BCUT2D eigenvalue weighted by Gasteiger charge is 2.24. The van der Waals surface area contributed by atoms with Crippen LogP contribution in [0.1, 0.15) is 50.9 Å². The molecule has 0 aromatic heterocycles. The maximum atomic E-state index is 12.6. The van der Waals surface area contributed by atoms with Crippen molar-refractivity contribution in [3.8, 4) is 0 Å². The normalized spacial score (nSPS) is 11.9. The second-order valence-electron chi connectivity index (χ2n) is 5.87. The van der Waals surface area contributed by atoms with Gasteiger partial charge in [0.05, 0.1) is 4.90 Å². The number of benzene rings is 1. The summed E-state index contributed by atoms with van der Waals surface area (Å²) in [7, 11) is -3.58. The minimum atomic E-state index is -3.58. The van der Waals surface area contributed by atoms with E-state index in [1.807, 2.05) is 13.8 Å². The SMILES string of the molecule is CCN(CC)S(=O)(=O)c1cccc(C(=O)NCC(N)(CC)CC)c1.Cl. The standard InChI is InChI=1S/C17H29N3O3S.ClH/c1-5-17(18,6-2)13-19-16(21)14-10-9-11-15(12-14)24(22,23)20(7-3)8-4;/h9-12H,5-8,13,18H2,1-4H3,(H,19,21);1H. The summed E-state index contributed by atoms with van der Waals surface area (Å²) in [4.78, 5) is 12.5. The number of nitrogens with zero attached hydrogens (tertiary/aromatic N) is 1. The van der Waals surface area contributed by atoms with E-state index in [0.29, 0.717) is 25.2 Å². The van der Waals surface area contributed by atoms with E-state index < -0.39 is 15.6 Å². The molecule has 0 radical (unpaired) electrons. The van der Waals surface area contributed by atoms with Gasteiger partial charge in [-0.3, -0.25) is 4.79 Å². The number of sulfonamides is 1. The smallest absolute Gasteiger partial charge is 0.251 e. The van der Waals surface area contributed by atoms with E-state index in [0.717, 1.165) is 12.8 Å². The van der Waals surface area contributed by atoms with Crippen LogP contribution in [0.15, 0.2) is 29.2 Å². The zero-order chi connectivity index (χ0) is 18.4. The Morgan fingerprint density at radius 2 is 1.72 bits per heavy atom. The molecule has 1 aromatic rings. The molecule has 1 amide bonds. The Morgan fingerprint density at radius 3 is 2.20 bits per heavy atom. The maximum Gasteiger partial charge on any atom is 0.251 e. The molecule has 0 fully saturated rings. The van der Waals surface area contributed by atoms with Gasteiger partial charge in [0, 0.05) is 30.7 Å². The van der Waals surface area contributed by atoms with Crippen LogP contribution in [0.25, 0.3) is 0 Å². The van der Waals surface area contributed by atoms with Crippen molar-refractivity contribution in [2.24, 2.45) is 5.73 Å². The third-order valence-electron chi connectivity index (χ3n) is 4.45. The largest absolute Gasteiger partial charge is 0.350 e. The monoisotopic (exact) mass is 391 g/mol. The van der Waals surface area contributed by atoms with Gasteiger partial charge in [-0.15, -0.1) is 12.4 Å². The molecule has 6 nitrogen and oxygen atoms in total. The Hall–Kier alpha value is -1.15. The minimum Gasteiger partial charge on any atom is -0.350 e. The van der Waals surface area contributed by atoms with Crippen molar-refractivity contribution < 1.29 is 13.2 Å². The molecule has 0 bridgehead atoms. The van der Waals surface area contributed by atoms with Gasteiger partial charge in [-0.2, -0.15) is 4.31 Å². The van der Waals surface area contributed by atoms with Gasteiger partial charge in [0.25, 0.3) is 5.91 Å². The average molecular weight is 392 g/mol. The van der Waals surface area contributed by atoms with Crippen LogP contribution in [0.3, 0.4) is 0 Å². The first-order valence-electron chi connectivity index (χ1n) is 8.41. The number of rotatable bonds is 9. The fourth-order valence-corrected chi connectivity index (χ4v) is 3.87. The fourth-order valence-electron chi connectivity index (χ4n) is 2.37. The third-order valence-corrected chi connectivity index (χ3v) is 6.49. The van der Waals surface area contributed by atoms with E-state index in [4.69, 9.17) is 5.73 Å². The molecule has 3 N–H and O–H groups in total. The van der Waals surface area contributed by atoms with Crippen LogP contribution in [0, 0.1) is 0 Å². The van der Waals surface area contributed by atoms with Crippen LogP contribution in [-0.4, -0.2) is 43.8 Å². The Bertz CT molecular complexity index is 657. The molecule has 0 aliphatic rings. The van der Waals surface area contributed by atoms with E-state index in [1.165, 1.54) is 16.4 Å². The topological polar surface area (TPSA) is 92.5 Å². The van der Waals surface area contributed by atoms with Gasteiger partial charge >= 0.3 is 0 Å². The maximum absolute atomic E-state index is 12.6. The minimum absolute atomic E-state index is 0. The molecule has 0 saturated carbocycles. The Morgan fingerprint density at radius 1 is 1.16 bits per heavy atom. The van der Waals surface area contributed by atoms with Crippen molar-refractivity contribution in [2.75, 3.05) is 19.6 Å². The van der Waals surface area contributed by atoms with Crippen LogP contribution in [0.4, 0.5) is 0 Å². The van der Waals surface area contributed by atoms with Crippen LogP contribution in [0.5, 0.6) is 0 Å². The molecule has 8 heteroatoms. The molecule has 0 aliphatic heterocycles. The van der Waals surface area contributed by atoms with Gasteiger partial charge in [0.1, 0.15) is 0 Å². The zero-order valence-electron chi connectivity index (χ0n) is 15.4. The lowest BCUT2D eigenvalue weighted by Crippen LogP contribution is -2.49. The van der Waals surface area contributed by atoms with Gasteiger partial charge in [-0.1, -0.05) is 33.8 Å². The molecule has 25 heavy (non-hydrogen) atoms. The predicted octanol–water partition coefficient (Wildman–Crippen LogP) is 2.39. The molecule has 1 rings (SSSR count). The van der Waals surface area contributed by atoms with Crippen LogP contribution < -0.4 is 11.1 Å². The average Bonchev–Trinajstić information content (AvgIpc) is 2.60. The molecule has 144 valence electrons. The quantitative estimate of drug-likeness (QED) is 0.675. The first-order valence-corrected chi connectivity index (χ1v) is 9.85. The van der Waals surface area contributed by atoms with Crippen molar-refractivity contribution >= 4 is 28.3 Å².